The summed E-state index contributed by atoms with van der Waals surface area (Å²) in [5.41, 5.74) is 7.36. The van der Waals surface area contributed by atoms with E-state index in [1.54, 1.807) is 9.80 Å². The van der Waals surface area contributed by atoms with Crippen molar-refractivity contribution < 1.29 is 14.4 Å². The van der Waals surface area contributed by atoms with Crippen LogP contribution in [0.4, 0.5) is 10.5 Å². The van der Waals surface area contributed by atoms with Crippen LogP contribution in [0.2, 0.25) is 0 Å². The van der Waals surface area contributed by atoms with E-state index in [1.807, 2.05) is 40.6 Å². The van der Waals surface area contributed by atoms with Crippen molar-refractivity contribution in [1.29, 1.82) is 0 Å². The Morgan fingerprint density at radius 3 is 2.67 bits per heavy atom. The molecule has 2 atom stereocenters. The molecule has 0 aliphatic carbocycles. The van der Waals surface area contributed by atoms with Gasteiger partial charge in [0.25, 0.3) is 5.91 Å². The molecule has 2 aromatic carbocycles. The first kappa shape index (κ1) is 27.1. The molecule has 1 saturated heterocycles. The van der Waals surface area contributed by atoms with Gasteiger partial charge in [0.1, 0.15) is 11.0 Å². The maximum atomic E-state index is 13.9. The Bertz CT molecular complexity index is 1350. The zero-order valence-electron chi connectivity index (χ0n) is 22.6. The molecule has 1 fully saturated rings. The van der Waals surface area contributed by atoms with E-state index in [9.17, 15) is 14.4 Å². The summed E-state index contributed by atoms with van der Waals surface area (Å²) in [5.74, 6) is -0.0477. The largest absolute Gasteiger partial charge is 0.338 e. The standard InChI is InChI=1S/C30H37N5O3S/c1-20(2)16-23-18-34-26(19-33(28(23)36)14-6-5-13-31)35(25-12-15-39-27(25)29(34)37)30(38)32-17-22-10-7-9-21-8-3-4-11-24(21)22/h3-4,7-12,15,20,23,26H,5-6,13-14,16-19,31H2,1-2H3,(H,32,38)/t23-,26?/m1/s1. The molecular weight excluding hydrogens is 510 g/mol. The Morgan fingerprint density at radius 1 is 1.08 bits per heavy atom. The van der Waals surface area contributed by atoms with Crippen LogP contribution in [0.5, 0.6) is 0 Å². The lowest BCUT2D eigenvalue weighted by molar-refractivity contribution is -0.135. The molecule has 0 spiro atoms. The summed E-state index contributed by atoms with van der Waals surface area (Å²) in [4.78, 5) is 47.1. The number of benzene rings is 2. The molecule has 1 aromatic heterocycles. The third kappa shape index (κ3) is 5.51. The number of anilines is 1. The van der Waals surface area contributed by atoms with Crippen LogP contribution in [0.15, 0.2) is 53.9 Å². The Labute approximate surface area is 233 Å². The molecule has 2 aliphatic rings. The summed E-state index contributed by atoms with van der Waals surface area (Å²) in [5, 5.41) is 7.18. The average Bonchev–Trinajstić information content (AvgIpc) is 3.37. The van der Waals surface area contributed by atoms with E-state index in [2.05, 4.69) is 37.4 Å². The van der Waals surface area contributed by atoms with Gasteiger partial charge in [0.2, 0.25) is 5.91 Å². The van der Waals surface area contributed by atoms with Crippen molar-refractivity contribution in [2.75, 3.05) is 31.1 Å². The molecule has 3 heterocycles. The van der Waals surface area contributed by atoms with Crippen molar-refractivity contribution in [2.45, 2.75) is 45.8 Å². The zero-order chi connectivity index (χ0) is 27.5. The molecule has 0 radical (unpaired) electrons. The van der Waals surface area contributed by atoms with Gasteiger partial charge in [-0.3, -0.25) is 14.5 Å². The molecule has 9 heteroatoms. The monoisotopic (exact) mass is 547 g/mol. The number of nitrogens with two attached hydrogens (primary N) is 1. The third-order valence-corrected chi connectivity index (χ3v) is 8.54. The van der Waals surface area contributed by atoms with Gasteiger partial charge in [-0.1, -0.05) is 56.3 Å². The summed E-state index contributed by atoms with van der Waals surface area (Å²) in [7, 11) is 0. The van der Waals surface area contributed by atoms with Crippen LogP contribution in [0.1, 0.15) is 48.3 Å². The van der Waals surface area contributed by atoms with Crippen LogP contribution in [-0.4, -0.2) is 60.0 Å². The van der Waals surface area contributed by atoms with Crippen LogP contribution in [0.25, 0.3) is 10.8 Å². The molecule has 5 rings (SSSR count). The van der Waals surface area contributed by atoms with E-state index in [1.165, 1.54) is 11.3 Å². The molecule has 8 nitrogen and oxygen atoms in total. The molecule has 3 aromatic rings. The number of fused-ring (bicyclic) bond motifs is 3. The predicted octanol–water partition coefficient (Wildman–Crippen LogP) is 4.64. The van der Waals surface area contributed by atoms with E-state index in [0.29, 0.717) is 49.1 Å². The lowest BCUT2D eigenvalue weighted by Crippen LogP contribution is -2.61. The van der Waals surface area contributed by atoms with Gasteiger partial charge in [-0.2, -0.15) is 0 Å². The highest BCUT2D eigenvalue weighted by molar-refractivity contribution is 7.12. The minimum atomic E-state index is -0.578. The van der Waals surface area contributed by atoms with Gasteiger partial charge in [0.05, 0.1) is 18.2 Å². The lowest BCUT2D eigenvalue weighted by atomic mass is 9.95. The number of hydrogen-bond acceptors (Lipinski definition) is 5. The normalized spacial score (nSPS) is 19.3. The SMILES string of the molecule is CC(C)C[C@@H]1CN2C(=O)c3sccc3N(C(=O)NCc3cccc4ccccc34)C2CN(CCCCN)C1=O. The van der Waals surface area contributed by atoms with Gasteiger partial charge >= 0.3 is 6.03 Å². The van der Waals surface area contributed by atoms with Crippen LogP contribution in [-0.2, 0) is 11.3 Å². The van der Waals surface area contributed by atoms with Crippen LogP contribution in [0, 0.1) is 11.8 Å². The molecule has 3 N–H and O–H groups in total. The first-order valence-corrected chi connectivity index (χ1v) is 14.7. The van der Waals surface area contributed by atoms with Crippen molar-refractivity contribution in [1.82, 2.24) is 15.1 Å². The number of carbonyl (C=O) groups excluding carboxylic acids is 3. The van der Waals surface area contributed by atoms with Gasteiger partial charge in [0.15, 0.2) is 0 Å². The summed E-state index contributed by atoms with van der Waals surface area (Å²) in [6, 6.07) is 15.7. The first-order valence-electron chi connectivity index (χ1n) is 13.8. The zero-order valence-corrected chi connectivity index (χ0v) is 23.5. The summed E-state index contributed by atoms with van der Waals surface area (Å²) in [6.45, 7) is 6.25. The average molecular weight is 548 g/mol. The fourth-order valence-corrected chi connectivity index (χ4v) is 6.64. The summed E-state index contributed by atoms with van der Waals surface area (Å²) in [6.07, 6.45) is 1.71. The fourth-order valence-electron chi connectivity index (χ4n) is 5.80. The van der Waals surface area contributed by atoms with Crippen molar-refractivity contribution in [3.8, 4) is 0 Å². The first-order chi connectivity index (χ1) is 18.9. The minimum absolute atomic E-state index is 0.0578. The minimum Gasteiger partial charge on any atom is -0.338 e. The topological polar surface area (TPSA) is 99.0 Å². The predicted molar refractivity (Wildman–Crippen MR) is 156 cm³/mol. The number of urea groups is 1. The quantitative estimate of drug-likeness (QED) is 0.401. The van der Waals surface area contributed by atoms with Gasteiger partial charge in [-0.25, -0.2) is 4.79 Å². The summed E-state index contributed by atoms with van der Waals surface area (Å²) >= 11 is 1.34. The van der Waals surface area contributed by atoms with Crippen LogP contribution in [0.3, 0.4) is 0 Å². The van der Waals surface area contributed by atoms with E-state index in [0.717, 1.165) is 29.2 Å². The second-order valence-corrected chi connectivity index (χ2v) is 11.8. The van der Waals surface area contributed by atoms with Crippen LogP contribution >= 0.6 is 11.3 Å². The second-order valence-electron chi connectivity index (χ2n) is 10.8. The molecule has 0 bridgehead atoms. The van der Waals surface area contributed by atoms with Crippen molar-refractivity contribution in [2.24, 2.45) is 17.6 Å². The van der Waals surface area contributed by atoms with Gasteiger partial charge < -0.3 is 20.9 Å². The number of rotatable bonds is 8. The molecule has 39 heavy (non-hydrogen) atoms. The molecule has 4 amide bonds. The fraction of sp³-hybridized carbons (Fsp3) is 0.433. The molecule has 2 aliphatic heterocycles. The molecule has 1 unspecified atom stereocenters. The van der Waals surface area contributed by atoms with E-state index < -0.39 is 6.17 Å². The molecule has 0 saturated carbocycles. The summed E-state index contributed by atoms with van der Waals surface area (Å²) < 4.78 is 0. The maximum Gasteiger partial charge on any atom is 0.323 e. The van der Waals surface area contributed by atoms with Crippen molar-refractivity contribution >= 4 is 45.6 Å². The lowest BCUT2D eigenvalue weighted by Gasteiger charge is -2.43. The highest BCUT2D eigenvalue weighted by atomic mass is 32.1. The number of unbranched alkanes of at least 4 members (excludes halogenated alkanes) is 1. The maximum absolute atomic E-state index is 13.9. The number of amides is 4. The third-order valence-electron chi connectivity index (χ3n) is 7.65. The van der Waals surface area contributed by atoms with E-state index >= 15 is 0 Å². The van der Waals surface area contributed by atoms with Crippen LogP contribution < -0.4 is 16.0 Å². The van der Waals surface area contributed by atoms with Gasteiger partial charge in [0, 0.05) is 19.6 Å². The number of hydrogen-bond donors (Lipinski definition) is 2. The Morgan fingerprint density at radius 2 is 1.87 bits per heavy atom. The number of nitrogens with one attached hydrogen (secondary N) is 1. The Kier molecular flexibility index (Phi) is 8.18. The second kappa shape index (κ2) is 11.8. The van der Waals surface area contributed by atoms with Gasteiger partial charge in [-0.05, 0) is 59.5 Å². The van der Waals surface area contributed by atoms with Crippen molar-refractivity contribution in [3.05, 3.63) is 64.4 Å². The molecular formula is C30H37N5O3S. The molecule has 206 valence electrons. The highest BCUT2D eigenvalue weighted by Crippen LogP contribution is 2.38. The van der Waals surface area contributed by atoms with E-state index in [-0.39, 0.29) is 30.3 Å². The van der Waals surface area contributed by atoms with E-state index in [4.69, 9.17) is 5.73 Å². The number of nitrogens with zero attached hydrogens (tertiary/aromatic N) is 3. The number of thiophene rings is 1. The number of carbonyl (C=O) groups is 3. The Hall–Kier alpha value is -3.43. The smallest absolute Gasteiger partial charge is 0.323 e. The van der Waals surface area contributed by atoms with Gasteiger partial charge in [-0.15, -0.1) is 11.3 Å². The Balaban J connectivity index is 1.46. The highest BCUT2D eigenvalue weighted by Gasteiger charge is 2.46. The van der Waals surface area contributed by atoms with Crippen molar-refractivity contribution in [3.63, 3.8) is 0 Å².